The molecule has 0 radical (unpaired) electrons. The van der Waals surface area contributed by atoms with Gasteiger partial charge in [0, 0.05) is 24.2 Å². The van der Waals surface area contributed by atoms with E-state index in [0.29, 0.717) is 0 Å². The number of nitrogens with one attached hydrogen (secondary N) is 1. The summed E-state index contributed by atoms with van der Waals surface area (Å²) in [5.41, 5.74) is 0.973. The van der Waals surface area contributed by atoms with Gasteiger partial charge in [-0.1, -0.05) is 13.0 Å². The lowest BCUT2D eigenvalue weighted by Gasteiger charge is -2.15. The Labute approximate surface area is 102 Å². The standard InChI is InChI=1S/C14H18N2O/c1-3-15-10-11(2)17-13-7-6-12-5-4-8-16-14(12)9-13/h4-9,11,15H,3,10H2,1-2H3. The van der Waals surface area contributed by atoms with Crippen molar-refractivity contribution in [3.8, 4) is 5.75 Å². The molecular weight excluding hydrogens is 212 g/mol. The zero-order valence-corrected chi connectivity index (χ0v) is 10.3. The lowest BCUT2D eigenvalue weighted by Crippen LogP contribution is -2.28. The molecule has 90 valence electrons. The molecule has 0 aliphatic heterocycles. The summed E-state index contributed by atoms with van der Waals surface area (Å²) in [4.78, 5) is 4.32. The fraction of sp³-hybridized carbons (Fsp3) is 0.357. The maximum atomic E-state index is 5.82. The van der Waals surface area contributed by atoms with E-state index in [1.807, 2.05) is 30.3 Å². The quantitative estimate of drug-likeness (QED) is 0.857. The van der Waals surface area contributed by atoms with Crippen molar-refractivity contribution in [1.29, 1.82) is 0 Å². The van der Waals surface area contributed by atoms with E-state index in [1.54, 1.807) is 6.20 Å². The van der Waals surface area contributed by atoms with Crippen molar-refractivity contribution >= 4 is 10.9 Å². The Bertz CT molecular complexity index is 484. The summed E-state index contributed by atoms with van der Waals surface area (Å²) in [6.07, 6.45) is 1.96. The minimum atomic E-state index is 0.163. The normalized spacial score (nSPS) is 12.6. The van der Waals surface area contributed by atoms with Crippen molar-refractivity contribution in [1.82, 2.24) is 10.3 Å². The third-order valence-electron chi connectivity index (χ3n) is 2.60. The van der Waals surface area contributed by atoms with Crippen molar-refractivity contribution in [2.75, 3.05) is 13.1 Å². The fourth-order valence-electron chi connectivity index (χ4n) is 1.74. The van der Waals surface area contributed by atoms with Gasteiger partial charge in [0.2, 0.25) is 0 Å². The van der Waals surface area contributed by atoms with Crippen LogP contribution in [0.5, 0.6) is 5.75 Å². The van der Waals surface area contributed by atoms with Gasteiger partial charge in [0.1, 0.15) is 11.9 Å². The molecule has 1 aromatic carbocycles. The highest BCUT2D eigenvalue weighted by Gasteiger charge is 2.04. The molecule has 17 heavy (non-hydrogen) atoms. The van der Waals surface area contributed by atoms with Gasteiger partial charge in [-0.2, -0.15) is 0 Å². The van der Waals surface area contributed by atoms with Gasteiger partial charge in [-0.3, -0.25) is 4.98 Å². The molecule has 0 fully saturated rings. The predicted molar refractivity (Wildman–Crippen MR) is 70.4 cm³/mol. The number of benzene rings is 1. The molecule has 3 heteroatoms. The summed E-state index contributed by atoms with van der Waals surface area (Å²) < 4.78 is 5.82. The number of pyridine rings is 1. The van der Waals surface area contributed by atoms with Crippen LogP contribution in [-0.4, -0.2) is 24.2 Å². The molecule has 0 amide bonds. The van der Waals surface area contributed by atoms with Crippen molar-refractivity contribution < 1.29 is 4.74 Å². The average molecular weight is 230 g/mol. The largest absolute Gasteiger partial charge is 0.489 e. The number of nitrogens with zero attached hydrogens (tertiary/aromatic N) is 1. The topological polar surface area (TPSA) is 34.1 Å². The summed E-state index contributed by atoms with van der Waals surface area (Å²) in [5, 5.41) is 4.40. The van der Waals surface area contributed by atoms with Crippen LogP contribution in [0.25, 0.3) is 10.9 Å². The van der Waals surface area contributed by atoms with Crippen LogP contribution >= 0.6 is 0 Å². The van der Waals surface area contributed by atoms with Gasteiger partial charge in [-0.15, -0.1) is 0 Å². The number of hydrogen-bond donors (Lipinski definition) is 1. The fourth-order valence-corrected chi connectivity index (χ4v) is 1.74. The Morgan fingerprint density at radius 1 is 1.35 bits per heavy atom. The minimum Gasteiger partial charge on any atom is -0.489 e. The van der Waals surface area contributed by atoms with E-state index in [4.69, 9.17) is 4.74 Å². The van der Waals surface area contributed by atoms with Crippen LogP contribution in [0.1, 0.15) is 13.8 Å². The molecule has 1 atom stereocenters. The second-order valence-electron chi connectivity index (χ2n) is 4.09. The Kier molecular flexibility index (Phi) is 3.94. The summed E-state index contributed by atoms with van der Waals surface area (Å²) in [7, 11) is 0. The summed E-state index contributed by atoms with van der Waals surface area (Å²) in [6, 6.07) is 10.0. The third kappa shape index (κ3) is 3.17. The van der Waals surface area contributed by atoms with Crippen molar-refractivity contribution in [2.45, 2.75) is 20.0 Å². The smallest absolute Gasteiger partial charge is 0.121 e. The van der Waals surface area contributed by atoms with Crippen molar-refractivity contribution in [3.05, 3.63) is 36.5 Å². The van der Waals surface area contributed by atoms with Crippen LogP contribution in [0.4, 0.5) is 0 Å². The monoisotopic (exact) mass is 230 g/mol. The molecule has 0 saturated heterocycles. The van der Waals surface area contributed by atoms with Gasteiger partial charge in [0.05, 0.1) is 5.52 Å². The molecule has 2 aromatic rings. The summed E-state index contributed by atoms with van der Waals surface area (Å²) in [6.45, 7) is 5.97. The van der Waals surface area contributed by atoms with E-state index in [-0.39, 0.29) is 6.10 Å². The van der Waals surface area contributed by atoms with E-state index < -0.39 is 0 Å². The van der Waals surface area contributed by atoms with E-state index >= 15 is 0 Å². The number of aromatic nitrogens is 1. The Balaban J connectivity index is 2.08. The molecule has 1 N–H and O–H groups in total. The first-order valence-electron chi connectivity index (χ1n) is 6.01. The van der Waals surface area contributed by atoms with Crippen molar-refractivity contribution in [2.24, 2.45) is 0 Å². The molecule has 1 unspecified atom stereocenters. The number of ether oxygens (including phenoxy) is 1. The van der Waals surface area contributed by atoms with Gasteiger partial charge in [0.15, 0.2) is 0 Å². The Morgan fingerprint density at radius 3 is 3.06 bits per heavy atom. The second-order valence-corrected chi connectivity index (χ2v) is 4.09. The highest BCUT2D eigenvalue weighted by molar-refractivity contribution is 5.79. The van der Waals surface area contributed by atoms with Gasteiger partial charge in [0.25, 0.3) is 0 Å². The lowest BCUT2D eigenvalue weighted by atomic mass is 10.2. The molecule has 3 nitrogen and oxygen atoms in total. The van der Waals surface area contributed by atoms with E-state index in [2.05, 4.69) is 24.1 Å². The zero-order chi connectivity index (χ0) is 12.1. The van der Waals surface area contributed by atoms with Crippen LogP contribution in [0.15, 0.2) is 36.5 Å². The number of likely N-dealkylation sites (N-methyl/N-ethyl adjacent to an activating group) is 1. The van der Waals surface area contributed by atoms with Crippen LogP contribution < -0.4 is 10.1 Å². The van der Waals surface area contributed by atoms with Gasteiger partial charge in [-0.25, -0.2) is 0 Å². The molecule has 0 aliphatic rings. The van der Waals surface area contributed by atoms with Crippen LogP contribution in [0.2, 0.25) is 0 Å². The first-order chi connectivity index (χ1) is 8.29. The molecular formula is C14H18N2O. The summed E-state index contributed by atoms with van der Waals surface area (Å²) in [5.74, 6) is 0.876. The first kappa shape index (κ1) is 11.9. The van der Waals surface area contributed by atoms with Crippen LogP contribution in [0, 0.1) is 0 Å². The maximum absolute atomic E-state index is 5.82. The number of fused-ring (bicyclic) bond motifs is 1. The van der Waals surface area contributed by atoms with E-state index in [0.717, 1.165) is 29.7 Å². The highest BCUT2D eigenvalue weighted by Crippen LogP contribution is 2.19. The highest BCUT2D eigenvalue weighted by atomic mass is 16.5. The number of rotatable bonds is 5. The minimum absolute atomic E-state index is 0.163. The van der Waals surface area contributed by atoms with Gasteiger partial charge in [-0.05, 0) is 31.7 Å². The van der Waals surface area contributed by atoms with Gasteiger partial charge < -0.3 is 10.1 Å². The molecule has 2 rings (SSSR count). The molecule has 0 spiro atoms. The molecule has 0 aliphatic carbocycles. The molecule has 0 bridgehead atoms. The summed E-state index contributed by atoms with van der Waals surface area (Å²) >= 11 is 0. The SMILES string of the molecule is CCNCC(C)Oc1ccc2cccnc2c1. The third-order valence-corrected chi connectivity index (χ3v) is 2.60. The predicted octanol–water partition coefficient (Wildman–Crippen LogP) is 2.61. The average Bonchev–Trinajstić information content (AvgIpc) is 2.36. The second kappa shape index (κ2) is 5.64. The van der Waals surface area contributed by atoms with Crippen LogP contribution in [-0.2, 0) is 0 Å². The lowest BCUT2D eigenvalue weighted by molar-refractivity contribution is 0.218. The van der Waals surface area contributed by atoms with Crippen molar-refractivity contribution in [3.63, 3.8) is 0 Å². The Hall–Kier alpha value is -1.61. The van der Waals surface area contributed by atoms with E-state index in [9.17, 15) is 0 Å². The molecule has 1 heterocycles. The number of hydrogen-bond acceptors (Lipinski definition) is 3. The maximum Gasteiger partial charge on any atom is 0.121 e. The van der Waals surface area contributed by atoms with Crippen LogP contribution in [0.3, 0.4) is 0 Å². The first-order valence-corrected chi connectivity index (χ1v) is 6.01. The zero-order valence-electron chi connectivity index (χ0n) is 10.3. The molecule has 1 aromatic heterocycles. The van der Waals surface area contributed by atoms with Gasteiger partial charge >= 0.3 is 0 Å². The Morgan fingerprint density at radius 2 is 2.24 bits per heavy atom. The molecule has 0 saturated carbocycles. The van der Waals surface area contributed by atoms with E-state index in [1.165, 1.54) is 0 Å².